The number of aryl methyl sites for hydroxylation is 1. The fraction of sp³-hybridized carbons (Fsp3) is 0.143. The van der Waals surface area contributed by atoms with Gasteiger partial charge in [-0.25, -0.2) is 0 Å². The molecule has 0 amide bonds. The zero-order chi connectivity index (χ0) is 10.5. The number of allylic oxidation sites excluding steroid dienone is 1. The van der Waals surface area contributed by atoms with Crippen LogP contribution in [0.2, 0.25) is 0 Å². The number of hydrogen-bond acceptors (Lipinski definition) is 0. The molecule has 0 N–H and O–H groups in total. The highest BCUT2D eigenvalue weighted by Crippen LogP contribution is 2.19. The highest BCUT2D eigenvalue weighted by molar-refractivity contribution is 9.11. The predicted octanol–water partition coefficient (Wildman–Crippen LogP) is 4.68. The summed E-state index contributed by atoms with van der Waals surface area (Å²) in [6.07, 6.45) is 4.32. The van der Waals surface area contributed by atoms with Gasteiger partial charge in [-0.3, -0.25) is 0 Å². The zero-order valence-corrected chi connectivity index (χ0v) is 10.1. The molecule has 2 aromatic rings. The van der Waals surface area contributed by atoms with Crippen LogP contribution in [0.3, 0.4) is 0 Å². The van der Waals surface area contributed by atoms with E-state index in [1.165, 1.54) is 16.3 Å². The van der Waals surface area contributed by atoms with Gasteiger partial charge in [0, 0.05) is 0 Å². The predicted molar refractivity (Wildman–Crippen MR) is 70.3 cm³/mol. The van der Waals surface area contributed by atoms with Gasteiger partial charge in [0.25, 0.3) is 0 Å². The van der Waals surface area contributed by atoms with E-state index in [9.17, 15) is 0 Å². The van der Waals surface area contributed by atoms with Crippen molar-refractivity contribution in [3.63, 3.8) is 0 Å². The van der Waals surface area contributed by atoms with Crippen LogP contribution in [-0.4, -0.2) is 0 Å². The lowest BCUT2D eigenvalue weighted by Gasteiger charge is -2.04. The van der Waals surface area contributed by atoms with Crippen molar-refractivity contribution in [2.45, 2.75) is 12.8 Å². The second-order valence-corrected chi connectivity index (χ2v) is 4.07. The van der Waals surface area contributed by atoms with Gasteiger partial charge >= 0.3 is 0 Å². The minimum atomic E-state index is 1.08. The highest BCUT2D eigenvalue weighted by Gasteiger charge is 1.98. The van der Waals surface area contributed by atoms with Crippen LogP contribution in [0.25, 0.3) is 10.8 Å². The van der Waals surface area contributed by atoms with Crippen molar-refractivity contribution in [3.05, 3.63) is 59.1 Å². The Morgan fingerprint density at radius 1 is 1.00 bits per heavy atom. The molecule has 0 saturated heterocycles. The summed E-state index contributed by atoms with van der Waals surface area (Å²) in [5, 5.41) is 2.71. The lowest BCUT2D eigenvalue weighted by Crippen LogP contribution is -1.85. The van der Waals surface area contributed by atoms with Crippen LogP contribution in [0, 0.1) is 0 Å². The van der Waals surface area contributed by atoms with Crippen LogP contribution < -0.4 is 0 Å². The number of rotatable bonds is 3. The Hall–Kier alpha value is -1.08. The molecule has 0 nitrogen and oxygen atoms in total. The summed E-state index contributed by atoms with van der Waals surface area (Å²) in [5.74, 6) is 0. The molecule has 0 aromatic heterocycles. The second kappa shape index (κ2) is 5.13. The standard InChI is InChI=1S/C14H13Br/c15-11-4-3-7-13-9-5-8-12-6-1-2-10-14(12)13/h1-2,4-6,8-11H,3,7H2. The molecular formula is C14H13Br. The van der Waals surface area contributed by atoms with Crippen LogP contribution in [0.15, 0.2) is 53.5 Å². The third-order valence-corrected chi connectivity index (χ3v) is 2.92. The van der Waals surface area contributed by atoms with Crippen molar-refractivity contribution in [1.29, 1.82) is 0 Å². The summed E-state index contributed by atoms with van der Waals surface area (Å²) in [4.78, 5) is 1.93. The van der Waals surface area contributed by atoms with Gasteiger partial charge in [-0.05, 0) is 34.2 Å². The molecular weight excluding hydrogens is 248 g/mol. The Morgan fingerprint density at radius 3 is 2.67 bits per heavy atom. The molecule has 2 aromatic carbocycles. The average molecular weight is 261 g/mol. The van der Waals surface area contributed by atoms with E-state index in [1.54, 1.807) is 0 Å². The van der Waals surface area contributed by atoms with Crippen molar-refractivity contribution >= 4 is 26.7 Å². The minimum Gasteiger partial charge on any atom is -0.0773 e. The number of fused-ring (bicyclic) bond motifs is 1. The van der Waals surface area contributed by atoms with Crippen LogP contribution >= 0.6 is 15.9 Å². The van der Waals surface area contributed by atoms with Crippen molar-refractivity contribution in [1.82, 2.24) is 0 Å². The van der Waals surface area contributed by atoms with Gasteiger partial charge in [0.2, 0.25) is 0 Å². The minimum absolute atomic E-state index is 1.08. The maximum Gasteiger partial charge on any atom is -0.0152 e. The summed E-state index contributed by atoms with van der Waals surface area (Å²) in [5.41, 5.74) is 1.43. The normalized spacial score (nSPS) is 11.3. The van der Waals surface area contributed by atoms with Crippen molar-refractivity contribution < 1.29 is 0 Å². The molecule has 0 bridgehead atoms. The molecule has 0 spiro atoms. The zero-order valence-electron chi connectivity index (χ0n) is 8.49. The fourth-order valence-corrected chi connectivity index (χ4v) is 2.08. The van der Waals surface area contributed by atoms with E-state index in [0.29, 0.717) is 0 Å². The van der Waals surface area contributed by atoms with E-state index < -0.39 is 0 Å². The fourth-order valence-electron chi connectivity index (χ4n) is 1.81. The third-order valence-electron chi connectivity index (χ3n) is 2.55. The lowest BCUT2D eigenvalue weighted by atomic mass is 10.0. The SMILES string of the molecule is BrC=CCCc1cccc2ccccc12. The Bertz CT molecular complexity index is 466. The monoisotopic (exact) mass is 260 g/mol. The first kappa shape index (κ1) is 10.4. The first-order chi connectivity index (χ1) is 7.42. The molecule has 15 heavy (non-hydrogen) atoms. The Balaban J connectivity index is 2.34. The van der Waals surface area contributed by atoms with Gasteiger partial charge in [-0.1, -0.05) is 64.5 Å². The third kappa shape index (κ3) is 2.48. The van der Waals surface area contributed by atoms with E-state index in [4.69, 9.17) is 0 Å². The Kier molecular flexibility index (Phi) is 3.57. The van der Waals surface area contributed by atoms with Crippen LogP contribution in [0.1, 0.15) is 12.0 Å². The topological polar surface area (TPSA) is 0 Å². The summed E-state index contributed by atoms with van der Waals surface area (Å²) in [6.45, 7) is 0. The van der Waals surface area contributed by atoms with Crippen molar-refractivity contribution in [2.24, 2.45) is 0 Å². The average Bonchev–Trinajstić information content (AvgIpc) is 2.30. The van der Waals surface area contributed by atoms with E-state index >= 15 is 0 Å². The molecule has 0 atom stereocenters. The molecule has 0 heterocycles. The van der Waals surface area contributed by atoms with Gasteiger partial charge < -0.3 is 0 Å². The molecule has 0 aliphatic heterocycles. The molecule has 0 radical (unpaired) electrons. The molecule has 0 saturated carbocycles. The summed E-state index contributed by atoms with van der Waals surface area (Å²) >= 11 is 3.29. The summed E-state index contributed by atoms with van der Waals surface area (Å²) < 4.78 is 0. The van der Waals surface area contributed by atoms with E-state index in [0.717, 1.165) is 12.8 Å². The maximum atomic E-state index is 3.29. The van der Waals surface area contributed by atoms with E-state index in [1.807, 2.05) is 4.99 Å². The van der Waals surface area contributed by atoms with Crippen LogP contribution in [-0.2, 0) is 6.42 Å². The first-order valence-electron chi connectivity index (χ1n) is 5.13. The number of benzene rings is 2. The van der Waals surface area contributed by atoms with Crippen molar-refractivity contribution in [2.75, 3.05) is 0 Å². The van der Waals surface area contributed by atoms with Gasteiger partial charge in [0.1, 0.15) is 0 Å². The summed E-state index contributed by atoms with van der Waals surface area (Å²) in [6, 6.07) is 15.1. The van der Waals surface area contributed by atoms with Gasteiger partial charge in [-0.15, -0.1) is 0 Å². The van der Waals surface area contributed by atoms with E-state index in [-0.39, 0.29) is 0 Å². The van der Waals surface area contributed by atoms with Crippen molar-refractivity contribution in [3.8, 4) is 0 Å². The Labute approximate surface area is 98.8 Å². The largest absolute Gasteiger partial charge is 0.0773 e. The van der Waals surface area contributed by atoms with Gasteiger partial charge in [0.05, 0.1) is 0 Å². The molecule has 0 aliphatic carbocycles. The first-order valence-corrected chi connectivity index (χ1v) is 6.05. The van der Waals surface area contributed by atoms with Crippen LogP contribution in [0.5, 0.6) is 0 Å². The van der Waals surface area contributed by atoms with Crippen LogP contribution in [0.4, 0.5) is 0 Å². The summed E-state index contributed by atoms with van der Waals surface area (Å²) in [7, 11) is 0. The van der Waals surface area contributed by atoms with Gasteiger partial charge in [-0.2, -0.15) is 0 Å². The molecule has 0 unspecified atom stereocenters. The molecule has 0 fully saturated rings. The number of halogens is 1. The maximum absolute atomic E-state index is 3.29. The molecule has 76 valence electrons. The van der Waals surface area contributed by atoms with Gasteiger partial charge in [0.15, 0.2) is 0 Å². The smallest absolute Gasteiger partial charge is 0.0152 e. The molecule has 2 rings (SSSR count). The Morgan fingerprint density at radius 2 is 1.80 bits per heavy atom. The quantitative estimate of drug-likeness (QED) is 0.752. The lowest BCUT2D eigenvalue weighted by molar-refractivity contribution is 1.01. The molecule has 0 aliphatic rings. The molecule has 1 heteroatoms. The van der Waals surface area contributed by atoms with E-state index in [2.05, 4.69) is 64.5 Å². The number of hydrogen-bond donors (Lipinski definition) is 0. The highest BCUT2D eigenvalue weighted by atomic mass is 79.9. The second-order valence-electron chi connectivity index (χ2n) is 3.54.